The molecule has 2 rings (SSSR count). The first-order valence-corrected chi connectivity index (χ1v) is 6.60. The molecule has 1 atom stereocenters. The van der Waals surface area contributed by atoms with Crippen LogP contribution in [0.15, 0.2) is 24.3 Å². The van der Waals surface area contributed by atoms with E-state index in [1.165, 1.54) is 12.1 Å². The lowest BCUT2D eigenvalue weighted by Gasteiger charge is -2.31. The summed E-state index contributed by atoms with van der Waals surface area (Å²) in [5, 5.41) is 6.20. The predicted molar refractivity (Wildman–Crippen MR) is 72.2 cm³/mol. The lowest BCUT2D eigenvalue weighted by molar-refractivity contribution is -0.122. The summed E-state index contributed by atoms with van der Waals surface area (Å²) < 4.78 is 12.7. The molecule has 0 radical (unpaired) electrons. The van der Waals surface area contributed by atoms with Crippen LogP contribution in [0.3, 0.4) is 0 Å². The van der Waals surface area contributed by atoms with Crippen LogP contribution >= 0.6 is 0 Å². The van der Waals surface area contributed by atoms with Crippen LogP contribution in [-0.2, 0) is 11.3 Å². The van der Waals surface area contributed by atoms with Crippen LogP contribution in [-0.4, -0.2) is 43.0 Å². The zero-order valence-corrected chi connectivity index (χ0v) is 11.2. The minimum Gasteiger partial charge on any atom is -0.351 e. The maximum absolute atomic E-state index is 12.7. The van der Waals surface area contributed by atoms with Gasteiger partial charge in [-0.2, -0.15) is 0 Å². The first-order chi connectivity index (χ1) is 9.13. The third-order valence-corrected chi connectivity index (χ3v) is 3.22. The van der Waals surface area contributed by atoms with Crippen molar-refractivity contribution in [3.63, 3.8) is 0 Å². The molecule has 1 aromatic rings. The number of hydrogen-bond acceptors (Lipinski definition) is 3. The molecule has 104 valence electrons. The summed E-state index contributed by atoms with van der Waals surface area (Å²) in [6.07, 6.45) is 0. The molecule has 1 aromatic carbocycles. The summed E-state index contributed by atoms with van der Waals surface area (Å²) in [5.41, 5.74) is 0.906. The summed E-state index contributed by atoms with van der Waals surface area (Å²) in [7, 11) is 0. The number of halogens is 1. The first-order valence-electron chi connectivity index (χ1n) is 6.60. The molecule has 5 heteroatoms. The highest BCUT2D eigenvalue weighted by atomic mass is 19.1. The summed E-state index contributed by atoms with van der Waals surface area (Å²) in [5.74, 6) is -0.247. The van der Waals surface area contributed by atoms with Gasteiger partial charge in [-0.15, -0.1) is 0 Å². The predicted octanol–water partition coefficient (Wildman–Crippen LogP) is 0.736. The Bertz CT molecular complexity index is 421. The van der Waals surface area contributed by atoms with E-state index in [0.717, 1.165) is 25.2 Å². The highest BCUT2D eigenvalue weighted by Gasteiger charge is 2.17. The first kappa shape index (κ1) is 14.0. The largest absolute Gasteiger partial charge is 0.351 e. The molecule has 0 aromatic heterocycles. The van der Waals surface area contributed by atoms with Crippen molar-refractivity contribution in [1.82, 2.24) is 15.5 Å². The van der Waals surface area contributed by atoms with Gasteiger partial charge in [-0.05, 0) is 24.6 Å². The summed E-state index contributed by atoms with van der Waals surface area (Å²) >= 11 is 0. The Balaban J connectivity index is 1.73. The zero-order chi connectivity index (χ0) is 13.7. The van der Waals surface area contributed by atoms with Gasteiger partial charge in [0.2, 0.25) is 5.91 Å². The molecule has 1 aliphatic heterocycles. The number of nitrogens with one attached hydrogen (secondary N) is 2. The second-order valence-corrected chi connectivity index (χ2v) is 4.99. The molecule has 1 aliphatic rings. The topological polar surface area (TPSA) is 44.4 Å². The molecule has 19 heavy (non-hydrogen) atoms. The van der Waals surface area contributed by atoms with E-state index in [1.54, 1.807) is 12.1 Å². The minimum atomic E-state index is -0.259. The molecular formula is C14H20FN3O. The maximum atomic E-state index is 12.7. The highest BCUT2D eigenvalue weighted by molar-refractivity contribution is 5.78. The Hall–Kier alpha value is -1.46. The van der Waals surface area contributed by atoms with Crippen molar-refractivity contribution in [1.29, 1.82) is 0 Å². The Morgan fingerprint density at radius 3 is 2.89 bits per heavy atom. The summed E-state index contributed by atoms with van der Waals surface area (Å²) in [6, 6.07) is 6.60. The summed E-state index contributed by atoms with van der Waals surface area (Å²) in [4.78, 5) is 14.0. The fourth-order valence-corrected chi connectivity index (χ4v) is 2.22. The van der Waals surface area contributed by atoms with Crippen molar-refractivity contribution in [3.05, 3.63) is 35.6 Å². The van der Waals surface area contributed by atoms with Gasteiger partial charge in [-0.3, -0.25) is 9.69 Å². The Kier molecular flexibility index (Phi) is 4.87. The van der Waals surface area contributed by atoms with E-state index in [1.807, 2.05) is 0 Å². The Morgan fingerprint density at radius 1 is 1.47 bits per heavy atom. The molecule has 0 unspecified atom stereocenters. The SMILES string of the molecule is C[C@H]1CN(CC(=O)NCc2ccc(F)cc2)CCN1. The van der Waals surface area contributed by atoms with Crippen LogP contribution in [0.25, 0.3) is 0 Å². The van der Waals surface area contributed by atoms with Crippen molar-refractivity contribution in [2.24, 2.45) is 0 Å². The standard InChI is InChI=1S/C14H20FN3O/c1-11-9-18(7-6-16-11)10-14(19)17-8-12-2-4-13(15)5-3-12/h2-5,11,16H,6-10H2,1H3,(H,17,19)/t11-/m0/s1. The van der Waals surface area contributed by atoms with Crippen molar-refractivity contribution >= 4 is 5.91 Å². The molecule has 0 saturated carbocycles. The third-order valence-electron chi connectivity index (χ3n) is 3.22. The lowest BCUT2D eigenvalue weighted by atomic mass is 10.2. The molecule has 4 nitrogen and oxygen atoms in total. The lowest BCUT2D eigenvalue weighted by Crippen LogP contribution is -2.51. The number of rotatable bonds is 4. The van der Waals surface area contributed by atoms with Crippen molar-refractivity contribution < 1.29 is 9.18 Å². The van der Waals surface area contributed by atoms with E-state index >= 15 is 0 Å². The number of piperazine rings is 1. The van der Waals surface area contributed by atoms with Gasteiger partial charge in [0.05, 0.1) is 6.54 Å². The van der Waals surface area contributed by atoms with E-state index in [9.17, 15) is 9.18 Å². The number of carbonyl (C=O) groups is 1. The van der Waals surface area contributed by atoms with Crippen molar-refractivity contribution in [2.75, 3.05) is 26.2 Å². The van der Waals surface area contributed by atoms with Gasteiger partial charge in [0.15, 0.2) is 0 Å². The average molecular weight is 265 g/mol. The van der Waals surface area contributed by atoms with Crippen LogP contribution < -0.4 is 10.6 Å². The van der Waals surface area contributed by atoms with Gasteiger partial charge in [-0.1, -0.05) is 12.1 Å². The van der Waals surface area contributed by atoms with Gasteiger partial charge >= 0.3 is 0 Å². The Labute approximate surface area is 113 Å². The molecule has 0 bridgehead atoms. The molecule has 1 amide bonds. The van der Waals surface area contributed by atoms with E-state index in [-0.39, 0.29) is 11.7 Å². The van der Waals surface area contributed by atoms with Crippen LogP contribution in [0.5, 0.6) is 0 Å². The number of amides is 1. The van der Waals surface area contributed by atoms with Crippen molar-refractivity contribution in [3.8, 4) is 0 Å². The number of nitrogens with zero attached hydrogens (tertiary/aromatic N) is 1. The molecule has 0 aliphatic carbocycles. The average Bonchev–Trinajstić information content (AvgIpc) is 2.38. The molecule has 1 saturated heterocycles. The normalized spacial score (nSPS) is 20.2. The molecule has 0 spiro atoms. The monoisotopic (exact) mass is 265 g/mol. The maximum Gasteiger partial charge on any atom is 0.234 e. The fourth-order valence-electron chi connectivity index (χ4n) is 2.22. The second-order valence-electron chi connectivity index (χ2n) is 4.99. The third kappa shape index (κ3) is 4.61. The number of carbonyl (C=O) groups excluding carboxylic acids is 1. The number of benzene rings is 1. The van der Waals surface area contributed by atoms with E-state index in [2.05, 4.69) is 22.5 Å². The van der Waals surface area contributed by atoms with Gasteiger partial charge in [0.25, 0.3) is 0 Å². The van der Waals surface area contributed by atoms with E-state index in [0.29, 0.717) is 19.1 Å². The molecule has 1 heterocycles. The quantitative estimate of drug-likeness (QED) is 0.844. The van der Waals surface area contributed by atoms with Gasteiger partial charge in [0, 0.05) is 32.2 Å². The zero-order valence-electron chi connectivity index (χ0n) is 11.2. The minimum absolute atomic E-state index is 0.0124. The van der Waals surface area contributed by atoms with Crippen molar-refractivity contribution in [2.45, 2.75) is 19.5 Å². The van der Waals surface area contributed by atoms with Crippen LogP contribution in [0.1, 0.15) is 12.5 Å². The van der Waals surface area contributed by atoms with Gasteiger partial charge in [0.1, 0.15) is 5.82 Å². The van der Waals surface area contributed by atoms with E-state index in [4.69, 9.17) is 0 Å². The Morgan fingerprint density at radius 2 is 2.21 bits per heavy atom. The second kappa shape index (κ2) is 6.63. The summed E-state index contributed by atoms with van der Waals surface area (Å²) in [6.45, 7) is 5.70. The molecular weight excluding hydrogens is 245 g/mol. The molecule has 1 fully saturated rings. The molecule has 2 N–H and O–H groups in total. The fraction of sp³-hybridized carbons (Fsp3) is 0.500. The van der Waals surface area contributed by atoms with E-state index < -0.39 is 0 Å². The van der Waals surface area contributed by atoms with Crippen LogP contribution in [0.2, 0.25) is 0 Å². The highest BCUT2D eigenvalue weighted by Crippen LogP contribution is 2.02. The smallest absolute Gasteiger partial charge is 0.234 e. The number of hydrogen-bond donors (Lipinski definition) is 2. The van der Waals surface area contributed by atoms with Crippen LogP contribution in [0.4, 0.5) is 4.39 Å². The van der Waals surface area contributed by atoms with Gasteiger partial charge < -0.3 is 10.6 Å². The van der Waals surface area contributed by atoms with Crippen LogP contribution in [0, 0.1) is 5.82 Å². The van der Waals surface area contributed by atoms with Gasteiger partial charge in [-0.25, -0.2) is 4.39 Å².